The van der Waals surface area contributed by atoms with E-state index in [1.807, 2.05) is 0 Å². The summed E-state index contributed by atoms with van der Waals surface area (Å²) in [5, 5.41) is 13.3. The van der Waals surface area contributed by atoms with E-state index in [1.54, 1.807) is 48.5 Å². The molecular formula is C20H15ClN2O5. The van der Waals surface area contributed by atoms with Gasteiger partial charge >= 0.3 is 5.97 Å². The van der Waals surface area contributed by atoms with Crippen molar-refractivity contribution in [2.24, 2.45) is 5.10 Å². The van der Waals surface area contributed by atoms with E-state index >= 15 is 0 Å². The van der Waals surface area contributed by atoms with E-state index in [1.165, 1.54) is 18.3 Å². The highest BCUT2D eigenvalue weighted by molar-refractivity contribution is 6.30. The minimum atomic E-state index is -0.991. The molecule has 2 aromatic carbocycles. The molecule has 1 amide bonds. The Labute approximate surface area is 165 Å². The number of furan rings is 1. The van der Waals surface area contributed by atoms with Gasteiger partial charge in [0.05, 0.1) is 11.8 Å². The molecule has 0 saturated carbocycles. The molecule has 0 aliphatic heterocycles. The number of amides is 1. The molecule has 0 spiro atoms. The number of halogens is 1. The van der Waals surface area contributed by atoms with Gasteiger partial charge in [0, 0.05) is 10.6 Å². The number of nitrogens with one attached hydrogen (secondary N) is 1. The molecular weight excluding hydrogens is 384 g/mol. The first-order chi connectivity index (χ1) is 13.5. The second-order valence-electron chi connectivity index (χ2n) is 5.62. The summed E-state index contributed by atoms with van der Waals surface area (Å²) in [4.78, 5) is 22.6. The molecule has 8 heteroatoms. The number of carboxylic acid groups (broad SMARTS) is 1. The van der Waals surface area contributed by atoms with Crippen LogP contribution in [0.5, 0.6) is 5.75 Å². The van der Waals surface area contributed by atoms with Gasteiger partial charge in [-0.25, -0.2) is 10.2 Å². The summed E-state index contributed by atoms with van der Waals surface area (Å²) in [6, 6.07) is 16.3. The fraction of sp³-hybridized carbons (Fsp3) is 0.0500. The number of hydrazone groups is 1. The Morgan fingerprint density at radius 3 is 2.46 bits per heavy atom. The van der Waals surface area contributed by atoms with Crippen LogP contribution >= 0.6 is 11.6 Å². The smallest absolute Gasteiger partial charge is 0.335 e. The number of aromatic carboxylic acids is 1. The molecule has 0 atom stereocenters. The topological polar surface area (TPSA) is 101 Å². The maximum absolute atomic E-state index is 11.7. The Morgan fingerprint density at radius 1 is 1.07 bits per heavy atom. The molecule has 142 valence electrons. The summed E-state index contributed by atoms with van der Waals surface area (Å²) in [5.41, 5.74) is 3.26. The highest BCUT2D eigenvalue weighted by Gasteiger charge is 2.07. The molecule has 28 heavy (non-hydrogen) atoms. The zero-order valence-electron chi connectivity index (χ0n) is 14.5. The number of hydrogen-bond acceptors (Lipinski definition) is 5. The number of ether oxygens (including phenoxy) is 1. The molecule has 0 fully saturated rings. The first-order valence-corrected chi connectivity index (χ1v) is 8.53. The maximum Gasteiger partial charge on any atom is 0.335 e. The number of hydrogen-bond donors (Lipinski definition) is 2. The number of rotatable bonds is 7. The van der Waals surface area contributed by atoms with Crippen LogP contribution in [0.2, 0.25) is 5.02 Å². The van der Waals surface area contributed by atoms with Crippen LogP contribution in [0, 0.1) is 0 Å². The Balaban J connectivity index is 1.51. The fourth-order valence-corrected chi connectivity index (χ4v) is 2.36. The van der Waals surface area contributed by atoms with Crippen molar-refractivity contribution in [1.82, 2.24) is 5.43 Å². The van der Waals surface area contributed by atoms with Gasteiger partial charge in [-0.1, -0.05) is 23.7 Å². The predicted molar refractivity (Wildman–Crippen MR) is 104 cm³/mol. The van der Waals surface area contributed by atoms with Crippen LogP contribution in [0.15, 0.2) is 70.2 Å². The zero-order valence-corrected chi connectivity index (χ0v) is 15.2. The van der Waals surface area contributed by atoms with Gasteiger partial charge in [-0.15, -0.1) is 0 Å². The average Bonchev–Trinajstić information content (AvgIpc) is 3.16. The third-order valence-electron chi connectivity index (χ3n) is 3.61. The zero-order chi connectivity index (χ0) is 19.9. The highest BCUT2D eigenvalue weighted by Crippen LogP contribution is 2.22. The standard InChI is InChI=1S/C20H15ClN2O5/c21-15-5-7-16(8-6-15)27-12-19(24)23-22-11-17-9-10-18(28-17)13-1-3-14(4-2-13)20(25)26/h1-11H,12H2,(H,23,24)(H,25,26)/b22-11+. The van der Waals surface area contributed by atoms with Crippen molar-refractivity contribution < 1.29 is 23.8 Å². The largest absolute Gasteiger partial charge is 0.484 e. The van der Waals surface area contributed by atoms with Gasteiger partial charge in [0.25, 0.3) is 5.91 Å². The van der Waals surface area contributed by atoms with Gasteiger partial charge in [-0.05, 0) is 48.5 Å². The van der Waals surface area contributed by atoms with Crippen LogP contribution in [-0.2, 0) is 4.79 Å². The Kier molecular flexibility index (Phi) is 6.08. The molecule has 0 aliphatic rings. The summed E-state index contributed by atoms with van der Waals surface area (Å²) in [6.07, 6.45) is 1.36. The Morgan fingerprint density at radius 2 is 1.79 bits per heavy atom. The van der Waals surface area contributed by atoms with Gasteiger partial charge in [-0.3, -0.25) is 4.79 Å². The van der Waals surface area contributed by atoms with Crippen molar-refractivity contribution in [3.05, 3.63) is 77.0 Å². The van der Waals surface area contributed by atoms with Gasteiger partial charge in [0.2, 0.25) is 0 Å². The molecule has 0 bridgehead atoms. The van der Waals surface area contributed by atoms with Crippen molar-refractivity contribution in [3.8, 4) is 17.1 Å². The summed E-state index contributed by atoms with van der Waals surface area (Å²) in [5.74, 6) is 0.0805. The van der Waals surface area contributed by atoms with Crippen LogP contribution in [-0.4, -0.2) is 29.8 Å². The molecule has 1 heterocycles. The maximum atomic E-state index is 11.7. The quantitative estimate of drug-likeness (QED) is 0.465. The van der Waals surface area contributed by atoms with Crippen LogP contribution in [0.3, 0.4) is 0 Å². The third kappa shape index (κ3) is 5.21. The molecule has 0 aliphatic carbocycles. The van der Waals surface area contributed by atoms with E-state index in [4.69, 9.17) is 25.9 Å². The molecule has 2 N–H and O–H groups in total. The summed E-state index contributed by atoms with van der Waals surface area (Å²) >= 11 is 5.77. The van der Waals surface area contributed by atoms with Crippen molar-refractivity contribution in [3.63, 3.8) is 0 Å². The average molecular weight is 399 g/mol. The molecule has 0 radical (unpaired) electrons. The van der Waals surface area contributed by atoms with E-state index in [0.717, 1.165) is 5.56 Å². The van der Waals surface area contributed by atoms with E-state index in [-0.39, 0.29) is 12.2 Å². The third-order valence-corrected chi connectivity index (χ3v) is 3.86. The summed E-state index contributed by atoms with van der Waals surface area (Å²) < 4.78 is 10.9. The van der Waals surface area contributed by atoms with E-state index in [9.17, 15) is 9.59 Å². The van der Waals surface area contributed by atoms with Crippen molar-refractivity contribution in [1.29, 1.82) is 0 Å². The van der Waals surface area contributed by atoms with Crippen molar-refractivity contribution in [2.45, 2.75) is 0 Å². The minimum absolute atomic E-state index is 0.195. The molecule has 3 aromatic rings. The monoisotopic (exact) mass is 398 g/mol. The fourth-order valence-electron chi connectivity index (χ4n) is 2.23. The first-order valence-electron chi connectivity index (χ1n) is 8.15. The van der Waals surface area contributed by atoms with Gasteiger partial charge < -0.3 is 14.3 Å². The second kappa shape index (κ2) is 8.88. The lowest BCUT2D eigenvalue weighted by atomic mass is 10.1. The van der Waals surface area contributed by atoms with Crippen LogP contribution in [0.4, 0.5) is 0 Å². The van der Waals surface area contributed by atoms with Gasteiger partial charge in [-0.2, -0.15) is 5.10 Å². The van der Waals surface area contributed by atoms with Crippen LogP contribution < -0.4 is 10.2 Å². The number of carbonyl (C=O) groups excluding carboxylic acids is 1. The first kappa shape index (κ1) is 19.2. The van der Waals surface area contributed by atoms with E-state index in [0.29, 0.717) is 22.3 Å². The number of nitrogens with zero attached hydrogens (tertiary/aromatic N) is 1. The lowest BCUT2D eigenvalue weighted by Gasteiger charge is -2.04. The Hall–Kier alpha value is -3.58. The van der Waals surface area contributed by atoms with E-state index < -0.39 is 11.9 Å². The molecule has 0 unspecified atom stereocenters. The summed E-state index contributed by atoms with van der Waals surface area (Å²) in [6.45, 7) is -0.196. The number of carboxylic acids is 1. The van der Waals surface area contributed by atoms with Crippen molar-refractivity contribution >= 4 is 29.7 Å². The molecule has 3 rings (SSSR count). The second-order valence-corrected chi connectivity index (χ2v) is 6.06. The SMILES string of the molecule is O=C(COc1ccc(Cl)cc1)N/N=C/c1ccc(-c2ccc(C(=O)O)cc2)o1. The van der Waals surface area contributed by atoms with Crippen LogP contribution in [0.1, 0.15) is 16.1 Å². The molecule has 1 aromatic heterocycles. The number of benzene rings is 2. The molecule has 7 nitrogen and oxygen atoms in total. The predicted octanol–water partition coefficient (Wildman–Crippen LogP) is 3.83. The van der Waals surface area contributed by atoms with Gasteiger partial charge in [0.15, 0.2) is 6.61 Å². The van der Waals surface area contributed by atoms with E-state index in [2.05, 4.69) is 10.5 Å². The minimum Gasteiger partial charge on any atom is -0.484 e. The normalized spacial score (nSPS) is 10.8. The van der Waals surface area contributed by atoms with Crippen molar-refractivity contribution in [2.75, 3.05) is 6.61 Å². The Bertz CT molecular complexity index is 994. The van der Waals surface area contributed by atoms with Gasteiger partial charge in [0.1, 0.15) is 17.3 Å². The summed E-state index contributed by atoms with van der Waals surface area (Å²) in [7, 11) is 0. The number of carbonyl (C=O) groups is 2. The highest BCUT2D eigenvalue weighted by atomic mass is 35.5. The molecule has 0 saturated heterocycles. The lowest BCUT2D eigenvalue weighted by molar-refractivity contribution is -0.123. The van der Waals surface area contributed by atoms with Crippen LogP contribution in [0.25, 0.3) is 11.3 Å². The lowest BCUT2D eigenvalue weighted by Crippen LogP contribution is -2.24.